The number of hydrogen-bond acceptors (Lipinski definition) is 16. The van der Waals surface area contributed by atoms with Crippen molar-refractivity contribution >= 4 is 59.2 Å². The van der Waals surface area contributed by atoms with E-state index in [4.69, 9.17) is 16.6 Å². The summed E-state index contributed by atoms with van der Waals surface area (Å²) in [6, 6.07) is -10.1. The van der Waals surface area contributed by atoms with Crippen molar-refractivity contribution in [2.24, 2.45) is 11.5 Å². The number of carboxylic acid groups (broad SMARTS) is 2. The SMILES string of the molecule is C[C@H](NC(=O)[C@H](CC(=O)O)NC(=O)[C@H](Cc1cnc[nH]1)NC(=O)[C@@H](N)CCCCN)C(=O)N[C@@H](Cc1cnc[nH]1)C(=O)NCC(=O)N[C@@H](CO)C(=O)N[C@@H](Cc1cnc[nH]1)C(=O)NCC(=O)O. The number of nitrogens with one attached hydrogen (secondary N) is 11. The fourth-order valence-electron chi connectivity index (χ4n) is 6.02. The van der Waals surface area contributed by atoms with Gasteiger partial charge in [0.1, 0.15) is 42.8 Å². The second-order valence-corrected chi connectivity index (χ2v) is 14.9. The Morgan fingerprint density at radius 2 is 1.01 bits per heavy atom. The van der Waals surface area contributed by atoms with E-state index in [0.29, 0.717) is 36.5 Å². The number of H-pyrrole nitrogens is 3. The van der Waals surface area contributed by atoms with Gasteiger partial charge in [0, 0.05) is 54.9 Å². The molecule has 0 saturated carbocycles. The maximum absolute atomic E-state index is 13.5. The predicted molar refractivity (Wildman–Crippen MR) is 228 cm³/mol. The Hall–Kier alpha value is -7.79. The molecule has 7 atom stereocenters. The standard InChI is InChI=1S/C38H56N16O13/c1-19(49-36(65)27(9-30(57)58)54-37(66)26(8-22-12-43-18-48-22)52-33(62)23(40)4-2-3-5-39)32(61)51-24(6-20-10-41-16-46-20)34(63)44-13-29(56)50-28(15-55)38(67)53-25(7-21-11-42-17-47-21)35(64)45-14-31(59)60/h10-12,16-19,23-28,55H,2-9,13-15,39-40H2,1H3,(H,41,46)(H,42,47)(H,43,48)(H,44,63)(H,45,64)(H,49,65)(H,50,56)(H,51,61)(H,52,62)(H,53,67)(H,54,66)(H,57,58)(H,59,60)/t19-,23-,24-,25-,26-,27-,28-/m0/s1. The van der Waals surface area contributed by atoms with Crippen molar-refractivity contribution in [1.29, 1.82) is 0 Å². The highest BCUT2D eigenvalue weighted by Gasteiger charge is 2.33. The Kier molecular flexibility index (Phi) is 22.0. The largest absolute Gasteiger partial charge is 0.481 e. The van der Waals surface area contributed by atoms with Crippen LogP contribution in [0, 0.1) is 0 Å². The summed E-state index contributed by atoms with van der Waals surface area (Å²) in [6.45, 7) is -0.949. The smallest absolute Gasteiger partial charge is 0.322 e. The number of imidazole rings is 3. The van der Waals surface area contributed by atoms with E-state index in [2.05, 4.69) is 72.4 Å². The first-order chi connectivity index (χ1) is 31.9. The summed E-state index contributed by atoms with van der Waals surface area (Å²) in [7, 11) is 0. The topological polar surface area (TPSA) is 466 Å². The minimum Gasteiger partial charge on any atom is -0.481 e. The number of carbonyl (C=O) groups excluding carboxylic acids is 8. The van der Waals surface area contributed by atoms with Crippen LogP contribution in [0.25, 0.3) is 0 Å². The molecule has 0 unspecified atom stereocenters. The van der Waals surface area contributed by atoms with Crippen LogP contribution in [0.15, 0.2) is 37.6 Å². The number of aromatic amines is 3. The first-order valence-electron chi connectivity index (χ1n) is 20.7. The lowest BCUT2D eigenvalue weighted by Gasteiger charge is -2.25. The van der Waals surface area contributed by atoms with E-state index in [-0.39, 0.29) is 25.7 Å². The van der Waals surface area contributed by atoms with Crippen LogP contribution in [0.5, 0.6) is 0 Å². The third kappa shape index (κ3) is 19.1. The quantitative estimate of drug-likeness (QED) is 0.0276. The lowest BCUT2D eigenvalue weighted by Crippen LogP contribution is -2.59. The Bertz CT molecular complexity index is 2120. The maximum atomic E-state index is 13.5. The van der Waals surface area contributed by atoms with Gasteiger partial charge in [-0.05, 0) is 26.3 Å². The Balaban J connectivity index is 1.66. The molecular formula is C38H56N16O13. The molecule has 3 rings (SSSR count). The predicted octanol–water partition coefficient (Wildman–Crippen LogP) is -6.95. The average molecular weight is 945 g/mol. The number of carbonyl (C=O) groups is 10. The Morgan fingerprint density at radius 3 is 1.48 bits per heavy atom. The van der Waals surface area contributed by atoms with Gasteiger partial charge in [0.25, 0.3) is 0 Å². The highest BCUT2D eigenvalue weighted by molar-refractivity contribution is 5.98. The van der Waals surface area contributed by atoms with E-state index in [9.17, 15) is 58.2 Å². The third-order valence-corrected chi connectivity index (χ3v) is 9.58. The van der Waals surface area contributed by atoms with E-state index in [1.54, 1.807) is 0 Å². The normalized spacial score (nSPS) is 14.0. The minimum absolute atomic E-state index is 0.155. The molecule has 0 fully saturated rings. The minimum atomic E-state index is -1.77. The van der Waals surface area contributed by atoms with Crippen LogP contribution in [0.2, 0.25) is 0 Å². The van der Waals surface area contributed by atoms with Gasteiger partial charge in [0.2, 0.25) is 47.3 Å². The van der Waals surface area contributed by atoms with E-state index in [1.165, 1.54) is 44.5 Å². The summed E-state index contributed by atoms with van der Waals surface area (Å²) in [4.78, 5) is 148. The fraction of sp³-hybridized carbons (Fsp3) is 0.500. The average Bonchev–Trinajstić information content (AvgIpc) is 4.11. The number of amides is 8. The van der Waals surface area contributed by atoms with E-state index >= 15 is 0 Å². The number of rotatable bonds is 30. The van der Waals surface area contributed by atoms with Crippen molar-refractivity contribution in [3.05, 3.63) is 54.7 Å². The van der Waals surface area contributed by atoms with Gasteiger partial charge in [-0.3, -0.25) is 47.9 Å². The van der Waals surface area contributed by atoms with Gasteiger partial charge < -0.3 is 84.3 Å². The van der Waals surface area contributed by atoms with Crippen molar-refractivity contribution in [3.8, 4) is 0 Å². The summed E-state index contributed by atoms with van der Waals surface area (Å²) >= 11 is 0. The van der Waals surface area contributed by atoms with Crippen LogP contribution in [0.4, 0.5) is 0 Å². The number of aliphatic hydroxyl groups is 1. The highest BCUT2D eigenvalue weighted by atomic mass is 16.4. The zero-order valence-corrected chi connectivity index (χ0v) is 36.2. The summed E-state index contributed by atoms with van der Waals surface area (Å²) in [5, 5.41) is 47.0. The zero-order valence-electron chi connectivity index (χ0n) is 36.2. The van der Waals surface area contributed by atoms with Crippen LogP contribution < -0.4 is 54.0 Å². The van der Waals surface area contributed by atoms with Crippen LogP contribution in [0.1, 0.15) is 49.7 Å². The van der Waals surface area contributed by atoms with Gasteiger partial charge in [-0.15, -0.1) is 0 Å². The molecule has 29 heteroatoms. The van der Waals surface area contributed by atoms with Gasteiger partial charge in [0.05, 0.1) is 44.6 Å². The molecule has 0 radical (unpaired) electrons. The summed E-state index contributed by atoms with van der Waals surface area (Å²) in [6.07, 6.45) is 7.89. The number of aliphatic hydroxyl groups excluding tert-OH is 1. The van der Waals surface area contributed by atoms with E-state index < -0.39 is 128 Å². The van der Waals surface area contributed by atoms with Crippen molar-refractivity contribution in [2.45, 2.75) is 94.2 Å². The lowest BCUT2D eigenvalue weighted by molar-refractivity contribution is -0.141. The third-order valence-electron chi connectivity index (χ3n) is 9.58. The molecule has 18 N–H and O–H groups in total. The van der Waals surface area contributed by atoms with Crippen LogP contribution in [-0.4, -0.2) is 173 Å². The summed E-state index contributed by atoms with van der Waals surface area (Å²) in [5.41, 5.74) is 12.6. The van der Waals surface area contributed by atoms with Crippen LogP contribution in [-0.2, 0) is 67.2 Å². The molecule has 0 aliphatic rings. The van der Waals surface area contributed by atoms with Crippen molar-refractivity contribution < 1.29 is 63.3 Å². The molecule has 0 aliphatic heterocycles. The van der Waals surface area contributed by atoms with E-state index in [0.717, 1.165) is 0 Å². The summed E-state index contributed by atoms with van der Waals surface area (Å²) in [5.74, 6) is -10.5. The van der Waals surface area contributed by atoms with Crippen molar-refractivity contribution in [2.75, 3.05) is 26.2 Å². The molecule has 3 aromatic heterocycles. The van der Waals surface area contributed by atoms with Gasteiger partial charge in [-0.25, -0.2) is 15.0 Å². The molecule has 0 spiro atoms. The Morgan fingerprint density at radius 1 is 0.567 bits per heavy atom. The molecule has 29 nitrogen and oxygen atoms in total. The second kappa shape index (κ2) is 27.5. The summed E-state index contributed by atoms with van der Waals surface area (Å²) < 4.78 is 0. The number of aromatic nitrogens is 6. The molecule has 0 bridgehead atoms. The van der Waals surface area contributed by atoms with Gasteiger partial charge in [0.15, 0.2) is 0 Å². The maximum Gasteiger partial charge on any atom is 0.322 e. The van der Waals surface area contributed by atoms with Gasteiger partial charge in [-0.1, -0.05) is 6.42 Å². The highest BCUT2D eigenvalue weighted by Crippen LogP contribution is 2.06. The molecule has 8 amide bonds. The van der Waals surface area contributed by atoms with Gasteiger partial charge in [-0.2, -0.15) is 0 Å². The number of nitrogens with two attached hydrogens (primary N) is 2. The molecule has 366 valence electrons. The number of unbranched alkanes of at least 4 members (excludes halogenated alkanes) is 1. The first-order valence-corrected chi connectivity index (χ1v) is 20.7. The fourth-order valence-corrected chi connectivity index (χ4v) is 6.02. The molecule has 3 aromatic rings. The molecule has 67 heavy (non-hydrogen) atoms. The molecule has 0 saturated heterocycles. The lowest BCUT2D eigenvalue weighted by atomic mass is 10.1. The van der Waals surface area contributed by atoms with Crippen LogP contribution >= 0.6 is 0 Å². The monoisotopic (exact) mass is 944 g/mol. The number of hydrogen-bond donors (Lipinski definition) is 16. The number of carboxylic acids is 2. The molecular weight excluding hydrogens is 889 g/mol. The molecule has 3 heterocycles. The molecule has 0 aromatic carbocycles. The van der Waals surface area contributed by atoms with Crippen LogP contribution in [0.3, 0.4) is 0 Å². The first kappa shape index (κ1) is 53.5. The number of aliphatic carboxylic acids is 2. The Labute approximate surface area is 380 Å². The van der Waals surface area contributed by atoms with Crippen molar-refractivity contribution in [3.63, 3.8) is 0 Å². The van der Waals surface area contributed by atoms with Gasteiger partial charge >= 0.3 is 11.9 Å². The van der Waals surface area contributed by atoms with E-state index in [1.807, 2.05) is 0 Å². The van der Waals surface area contributed by atoms with Crippen molar-refractivity contribution in [1.82, 2.24) is 72.4 Å². The number of nitrogens with zero attached hydrogens (tertiary/aromatic N) is 3. The second-order valence-electron chi connectivity index (χ2n) is 14.9. The molecule has 0 aliphatic carbocycles. The zero-order chi connectivity index (χ0) is 49.5.